The third kappa shape index (κ3) is 5.30. The Kier molecular flexibility index (Phi) is 7.91. The molecule has 1 N–H and O–H groups in total. The van der Waals surface area contributed by atoms with Gasteiger partial charge in [-0.15, -0.1) is 11.3 Å². The second-order valence-electron chi connectivity index (χ2n) is 8.33. The second-order valence-corrected chi connectivity index (χ2v) is 9.80. The number of carbonyl (C=O) groups is 2. The Morgan fingerprint density at radius 3 is 2.38 bits per heavy atom. The standard InChI is InChI=1S/C24H26ClN3O2S.CH4/c1-15(2)21(27-22(29)23-26-19-5-3-4-6-20(19)31-23)24(30)28-13-11-17(12-14-28)16-7-9-18(25)10-8-16;/h3-10,15,17,21H,11-14H2,1-2H3,(H,27,29);1H4/t21-;/m1./s1. The zero-order valence-corrected chi connectivity index (χ0v) is 19.2. The van der Waals surface area contributed by atoms with Crippen molar-refractivity contribution in [3.63, 3.8) is 0 Å². The van der Waals surface area contributed by atoms with Crippen LogP contribution in [-0.4, -0.2) is 40.8 Å². The van der Waals surface area contributed by atoms with Crippen molar-refractivity contribution < 1.29 is 9.59 Å². The number of fused-ring (bicyclic) bond motifs is 1. The van der Waals surface area contributed by atoms with Gasteiger partial charge in [-0.25, -0.2) is 4.98 Å². The van der Waals surface area contributed by atoms with E-state index in [-0.39, 0.29) is 25.2 Å². The van der Waals surface area contributed by atoms with Crippen LogP contribution in [0.25, 0.3) is 10.2 Å². The molecule has 7 heteroatoms. The molecule has 4 rings (SSSR count). The number of hydrogen-bond acceptors (Lipinski definition) is 4. The monoisotopic (exact) mass is 471 g/mol. The number of para-hydroxylation sites is 1. The number of nitrogens with one attached hydrogen (secondary N) is 1. The van der Waals surface area contributed by atoms with Crippen molar-refractivity contribution in [3.05, 3.63) is 64.1 Å². The minimum atomic E-state index is -0.563. The number of thiazole rings is 1. The molecule has 32 heavy (non-hydrogen) atoms. The van der Waals surface area contributed by atoms with E-state index in [4.69, 9.17) is 11.6 Å². The molecule has 0 radical (unpaired) electrons. The quantitative estimate of drug-likeness (QED) is 0.515. The van der Waals surface area contributed by atoms with Gasteiger partial charge >= 0.3 is 0 Å². The molecule has 3 aromatic rings. The number of amides is 2. The van der Waals surface area contributed by atoms with E-state index in [1.165, 1.54) is 16.9 Å². The number of nitrogens with zero attached hydrogens (tertiary/aromatic N) is 2. The average molecular weight is 472 g/mol. The molecule has 0 spiro atoms. The van der Waals surface area contributed by atoms with Gasteiger partial charge in [0.05, 0.1) is 10.2 Å². The molecule has 2 aromatic carbocycles. The predicted molar refractivity (Wildman–Crippen MR) is 132 cm³/mol. The van der Waals surface area contributed by atoms with Crippen molar-refractivity contribution in [2.45, 2.75) is 46.1 Å². The van der Waals surface area contributed by atoms with Crippen LogP contribution < -0.4 is 5.32 Å². The number of piperidine rings is 1. The highest BCUT2D eigenvalue weighted by molar-refractivity contribution is 7.20. The molecule has 1 saturated heterocycles. The Balaban J connectivity index is 0.00000289. The van der Waals surface area contributed by atoms with Gasteiger partial charge in [-0.2, -0.15) is 0 Å². The van der Waals surface area contributed by atoms with E-state index in [0.29, 0.717) is 24.0 Å². The molecular formula is C25H30ClN3O2S. The second kappa shape index (κ2) is 10.5. The predicted octanol–water partition coefficient (Wildman–Crippen LogP) is 5.75. The zero-order chi connectivity index (χ0) is 22.0. The van der Waals surface area contributed by atoms with E-state index in [2.05, 4.69) is 22.4 Å². The van der Waals surface area contributed by atoms with Gasteiger partial charge in [0.25, 0.3) is 5.91 Å². The summed E-state index contributed by atoms with van der Waals surface area (Å²) in [5.41, 5.74) is 2.07. The normalized spacial score (nSPS) is 15.4. The van der Waals surface area contributed by atoms with Crippen LogP contribution in [0.4, 0.5) is 0 Å². The maximum atomic E-state index is 13.2. The van der Waals surface area contributed by atoms with E-state index in [1.54, 1.807) is 0 Å². The minimum Gasteiger partial charge on any atom is -0.341 e. The van der Waals surface area contributed by atoms with E-state index in [1.807, 2.05) is 55.1 Å². The topological polar surface area (TPSA) is 62.3 Å². The summed E-state index contributed by atoms with van der Waals surface area (Å²) in [5, 5.41) is 4.07. The number of rotatable bonds is 5. The molecule has 0 bridgehead atoms. The molecule has 1 fully saturated rings. The van der Waals surface area contributed by atoms with Crippen molar-refractivity contribution in [1.29, 1.82) is 0 Å². The van der Waals surface area contributed by atoms with Crippen LogP contribution in [0.1, 0.15) is 55.4 Å². The number of carbonyl (C=O) groups excluding carboxylic acids is 2. The van der Waals surface area contributed by atoms with Crippen LogP contribution in [0.5, 0.6) is 0 Å². The molecule has 1 atom stereocenters. The smallest absolute Gasteiger partial charge is 0.280 e. The molecule has 2 heterocycles. The van der Waals surface area contributed by atoms with Gasteiger partial charge in [-0.05, 0) is 54.5 Å². The third-order valence-electron chi connectivity index (χ3n) is 5.86. The lowest BCUT2D eigenvalue weighted by molar-refractivity contribution is -0.135. The zero-order valence-electron chi connectivity index (χ0n) is 17.7. The highest BCUT2D eigenvalue weighted by atomic mass is 35.5. The number of hydrogen-bond donors (Lipinski definition) is 1. The molecular weight excluding hydrogens is 442 g/mol. The van der Waals surface area contributed by atoms with Gasteiger partial charge in [-0.3, -0.25) is 9.59 Å². The van der Waals surface area contributed by atoms with Crippen molar-refractivity contribution in [2.24, 2.45) is 5.92 Å². The van der Waals surface area contributed by atoms with Crippen molar-refractivity contribution in [1.82, 2.24) is 15.2 Å². The van der Waals surface area contributed by atoms with Gasteiger partial charge in [0, 0.05) is 18.1 Å². The van der Waals surface area contributed by atoms with Gasteiger partial charge in [0.1, 0.15) is 6.04 Å². The minimum absolute atomic E-state index is 0. The summed E-state index contributed by atoms with van der Waals surface area (Å²) in [7, 11) is 0. The number of halogens is 1. The Morgan fingerprint density at radius 2 is 1.75 bits per heavy atom. The summed E-state index contributed by atoms with van der Waals surface area (Å²) in [6.07, 6.45) is 1.81. The van der Waals surface area contributed by atoms with Crippen LogP contribution in [0.3, 0.4) is 0 Å². The molecule has 0 saturated carbocycles. The Labute approximate surface area is 198 Å². The summed E-state index contributed by atoms with van der Waals surface area (Å²) in [5.74, 6) is 0.110. The Morgan fingerprint density at radius 1 is 1.09 bits per heavy atom. The van der Waals surface area contributed by atoms with Crippen LogP contribution >= 0.6 is 22.9 Å². The molecule has 0 aliphatic carbocycles. The first kappa shape index (κ1) is 24.2. The van der Waals surface area contributed by atoms with Gasteiger partial charge in [0.15, 0.2) is 5.01 Å². The van der Waals surface area contributed by atoms with Crippen LogP contribution in [-0.2, 0) is 4.79 Å². The highest BCUT2D eigenvalue weighted by Gasteiger charge is 2.32. The first-order valence-corrected chi connectivity index (χ1v) is 11.8. The first-order valence-electron chi connectivity index (χ1n) is 10.6. The van der Waals surface area contributed by atoms with E-state index in [9.17, 15) is 9.59 Å². The number of likely N-dealkylation sites (tertiary alicyclic amines) is 1. The lowest BCUT2D eigenvalue weighted by Gasteiger charge is -2.35. The highest BCUT2D eigenvalue weighted by Crippen LogP contribution is 2.29. The summed E-state index contributed by atoms with van der Waals surface area (Å²) < 4.78 is 0.962. The lowest BCUT2D eigenvalue weighted by Crippen LogP contribution is -2.52. The van der Waals surface area contributed by atoms with Crippen molar-refractivity contribution in [3.8, 4) is 0 Å². The maximum absolute atomic E-state index is 13.2. The Bertz CT molecular complexity index is 1040. The number of benzene rings is 2. The number of aromatic nitrogens is 1. The van der Waals surface area contributed by atoms with Crippen LogP contribution in [0.15, 0.2) is 48.5 Å². The van der Waals surface area contributed by atoms with Crippen LogP contribution in [0, 0.1) is 5.92 Å². The van der Waals surface area contributed by atoms with E-state index in [0.717, 1.165) is 28.1 Å². The van der Waals surface area contributed by atoms with Crippen molar-refractivity contribution in [2.75, 3.05) is 13.1 Å². The summed E-state index contributed by atoms with van der Waals surface area (Å²) in [6, 6.07) is 15.1. The fourth-order valence-corrected chi connectivity index (χ4v) is 5.05. The molecule has 170 valence electrons. The largest absolute Gasteiger partial charge is 0.341 e. The van der Waals surface area contributed by atoms with Gasteiger partial charge in [0.2, 0.25) is 5.91 Å². The fourth-order valence-electron chi connectivity index (χ4n) is 4.05. The van der Waals surface area contributed by atoms with Crippen LogP contribution in [0.2, 0.25) is 5.02 Å². The molecule has 1 aromatic heterocycles. The SMILES string of the molecule is C.CC(C)[C@@H](NC(=O)c1nc2ccccc2s1)C(=O)N1CCC(c2ccc(Cl)cc2)CC1. The van der Waals surface area contributed by atoms with E-state index >= 15 is 0 Å². The van der Waals surface area contributed by atoms with Gasteiger partial charge in [-0.1, -0.05) is 57.1 Å². The molecule has 1 aliphatic rings. The maximum Gasteiger partial charge on any atom is 0.280 e. The fraction of sp³-hybridized carbons (Fsp3) is 0.400. The third-order valence-corrected chi connectivity index (χ3v) is 7.14. The van der Waals surface area contributed by atoms with Crippen molar-refractivity contribution >= 4 is 45.0 Å². The molecule has 1 aliphatic heterocycles. The summed E-state index contributed by atoms with van der Waals surface area (Å²) in [4.78, 5) is 32.4. The average Bonchev–Trinajstić information content (AvgIpc) is 3.22. The lowest BCUT2D eigenvalue weighted by atomic mass is 9.89. The molecule has 5 nitrogen and oxygen atoms in total. The first-order chi connectivity index (χ1) is 14.9. The Hall–Kier alpha value is -2.44. The van der Waals surface area contributed by atoms with E-state index < -0.39 is 6.04 Å². The molecule has 0 unspecified atom stereocenters. The molecule has 2 amide bonds. The van der Waals surface area contributed by atoms with Gasteiger partial charge < -0.3 is 10.2 Å². The summed E-state index contributed by atoms with van der Waals surface area (Å²) >= 11 is 7.35. The summed E-state index contributed by atoms with van der Waals surface area (Å²) in [6.45, 7) is 5.29.